The second-order valence-corrected chi connectivity index (χ2v) is 5.65. The van der Waals surface area contributed by atoms with Gasteiger partial charge < -0.3 is 20.1 Å². The molecule has 21 heavy (non-hydrogen) atoms. The molecule has 116 valence electrons. The Kier molecular flexibility index (Phi) is 6.02. The Hall–Kier alpha value is -1.59. The third-order valence-electron chi connectivity index (χ3n) is 3.19. The van der Waals surface area contributed by atoms with Gasteiger partial charge in [-0.05, 0) is 23.6 Å². The molecule has 1 amide bonds. The average molecular weight is 292 g/mol. The topological polar surface area (TPSA) is 59.6 Å². The van der Waals surface area contributed by atoms with Gasteiger partial charge in [-0.2, -0.15) is 0 Å². The SMILES string of the molecule is CC(C)COc1cccc(CNC(=O)C2COCCN2)c1. The van der Waals surface area contributed by atoms with E-state index in [2.05, 4.69) is 24.5 Å². The highest BCUT2D eigenvalue weighted by atomic mass is 16.5. The molecule has 1 aromatic carbocycles. The monoisotopic (exact) mass is 292 g/mol. The van der Waals surface area contributed by atoms with E-state index in [1.807, 2.05) is 24.3 Å². The lowest BCUT2D eigenvalue weighted by Crippen LogP contribution is -2.51. The molecule has 1 saturated heterocycles. The normalized spacial score (nSPS) is 18.5. The molecule has 2 rings (SSSR count). The van der Waals surface area contributed by atoms with Gasteiger partial charge in [0.1, 0.15) is 11.8 Å². The van der Waals surface area contributed by atoms with Crippen molar-refractivity contribution in [1.82, 2.24) is 10.6 Å². The first-order valence-electron chi connectivity index (χ1n) is 7.45. The third kappa shape index (κ3) is 5.36. The van der Waals surface area contributed by atoms with Crippen molar-refractivity contribution in [3.8, 4) is 5.75 Å². The van der Waals surface area contributed by atoms with E-state index in [4.69, 9.17) is 9.47 Å². The average Bonchev–Trinajstić information content (AvgIpc) is 2.52. The van der Waals surface area contributed by atoms with Gasteiger partial charge in [0.05, 0.1) is 19.8 Å². The minimum Gasteiger partial charge on any atom is -0.493 e. The molecule has 0 bridgehead atoms. The van der Waals surface area contributed by atoms with Gasteiger partial charge in [0.15, 0.2) is 0 Å². The molecule has 2 N–H and O–H groups in total. The summed E-state index contributed by atoms with van der Waals surface area (Å²) in [5, 5.41) is 6.06. The van der Waals surface area contributed by atoms with Crippen LogP contribution in [-0.2, 0) is 16.1 Å². The standard InChI is InChI=1S/C16H24N2O3/c1-12(2)10-21-14-5-3-4-13(8-14)9-18-16(19)15-11-20-7-6-17-15/h3-5,8,12,15,17H,6-7,9-11H2,1-2H3,(H,18,19). The fourth-order valence-electron chi connectivity index (χ4n) is 2.05. The van der Waals surface area contributed by atoms with E-state index in [1.165, 1.54) is 0 Å². The Morgan fingerprint density at radius 3 is 3.10 bits per heavy atom. The van der Waals surface area contributed by atoms with Crippen molar-refractivity contribution in [3.05, 3.63) is 29.8 Å². The minimum atomic E-state index is -0.251. The van der Waals surface area contributed by atoms with Crippen molar-refractivity contribution in [2.24, 2.45) is 5.92 Å². The molecule has 0 radical (unpaired) electrons. The number of hydrogen-bond donors (Lipinski definition) is 2. The summed E-state index contributed by atoms with van der Waals surface area (Å²) in [4.78, 5) is 12.0. The largest absolute Gasteiger partial charge is 0.493 e. The highest BCUT2D eigenvalue weighted by molar-refractivity contribution is 5.81. The maximum atomic E-state index is 12.0. The minimum absolute atomic E-state index is 0.0248. The second-order valence-electron chi connectivity index (χ2n) is 5.65. The number of morpholine rings is 1. The van der Waals surface area contributed by atoms with Gasteiger partial charge >= 0.3 is 0 Å². The van der Waals surface area contributed by atoms with E-state index in [1.54, 1.807) is 0 Å². The summed E-state index contributed by atoms with van der Waals surface area (Å²) < 4.78 is 11.0. The van der Waals surface area contributed by atoms with Gasteiger partial charge in [-0.15, -0.1) is 0 Å². The number of carbonyl (C=O) groups is 1. The Bertz CT molecular complexity index is 457. The molecule has 1 aromatic rings. The predicted molar refractivity (Wildman–Crippen MR) is 81.2 cm³/mol. The van der Waals surface area contributed by atoms with Crippen LogP contribution in [0.25, 0.3) is 0 Å². The van der Waals surface area contributed by atoms with E-state index in [9.17, 15) is 4.79 Å². The molecule has 1 aliphatic heterocycles. The second kappa shape index (κ2) is 8.00. The molecule has 5 nitrogen and oxygen atoms in total. The van der Waals surface area contributed by atoms with Gasteiger partial charge in [0.25, 0.3) is 0 Å². The first-order valence-corrected chi connectivity index (χ1v) is 7.45. The molecule has 0 spiro atoms. The molecule has 0 aromatic heterocycles. The summed E-state index contributed by atoms with van der Waals surface area (Å²) >= 11 is 0. The summed E-state index contributed by atoms with van der Waals surface area (Å²) in [5.74, 6) is 1.31. The van der Waals surface area contributed by atoms with Crippen LogP contribution in [0.1, 0.15) is 19.4 Å². The molecular weight excluding hydrogens is 268 g/mol. The van der Waals surface area contributed by atoms with Crippen LogP contribution in [0.15, 0.2) is 24.3 Å². The van der Waals surface area contributed by atoms with Crippen LogP contribution in [0.2, 0.25) is 0 Å². The fourth-order valence-corrected chi connectivity index (χ4v) is 2.05. The molecule has 1 aliphatic rings. The van der Waals surface area contributed by atoms with Gasteiger partial charge in [-0.3, -0.25) is 4.79 Å². The molecule has 0 aliphatic carbocycles. The summed E-state index contributed by atoms with van der Waals surface area (Å²) in [7, 11) is 0. The van der Waals surface area contributed by atoms with Crippen LogP contribution in [0.4, 0.5) is 0 Å². The van der Waals surface area contributed by atoms with E-state index < -0.39 is 0 Å². The molecule has 5 heteroatoms. The quantitative estimate of drug-likeness (QED) is 0.830. The number of nitrogens with one attached hydrogen (secondary N) is 2. The predicted octanol–water partition coefficient (Wildman–Crippen LogP) is 1.33. The van der Waals surface area contributed by atoms with E-state index >= 15 is 0 Å². The zero-order valence-corrected chi connectivity index (χ0v) is 12.7. The lowest BCUT2D eigenvalue weighted by atomic mass is 10.2. The van der Waals surface area contributed by atoms with Crippen LogP contribution in [-0.4, -0.2) is 38.3 Å². The molecule has 1 unspecified atom stereocenters. The highest BCUT2D eigenvalue weighted by Gasteiger charge is 2.20. The lowest BCUT2D eigenvalue weighted by Gasteiger charge is -2.22. The fraction of sp³-hybridized carbons (Fsp3) is 0.562. The van der Waals surface area contributed by atoms with Crippen molar-refractivity contribution in [3.63, 3.8) is 0 Å². The Labute approximate surface area is 126 Å². The van der Waals surface area contributed by atoms with Crippen molar-refractivity contribution < 1.29 is 14.3 Å². The summed E-state index contributed by atoms with van der Waals surface area (Å²) in [6, 6.07) is 7.57. The molecular formula is C16H24N2O3. The number of ether oxygens (including phenoxy) is 2. The van der Waals surface area contributed by atoms with Crippen molar-refractivity contribution in [2.75, 3.05) is 26.4 Å². The highest BCUT2D eigenvalue weighted by Crippen LogP contribution is 2.14. The summed E-state index contributed by atoms with van der Waals surface area (Å²) in [5.41, 5.74) is 1.03. The molecule has 0 saturated carbocycles. The third-order valence-corrected chi connectivity index (χ3v) is 3.19. The zero-order valence-electron chi connectivity index (χ0n) is 12.7. The van der Waals surface area contributed by atoms with Crippen molar-refractivity contribution in [2.45, 2.75) is 26.4 Å². The van der Waals surface area contributed by atoms with Crippen LogP contribution in [0, 0.1) is 5.92 Å². The van der Waals surface area contributed by atoms with Crippen molar-refractivity contribution in [1.29, 1.82) is 0 Å². The number of amides is 1. The first-order chi connectivity index (χ1) is 10.1. The summed E-state index contributed by atoms with van der Waals surface area (Å²) in [6.45, 7) is 7.24. The van der Waals surface area contributed by atoms with E-state index in [-0.39, 0.29) is 11.9 Å². The van der Waals surface area contributed by atoms with Crippen molar-refractivity contribution >= 4 is 5.91 Å². The van der Waals surface area contributed by atoms with Gasteiger partial charge in [-0.1, -0.05) is 26.0 Å². The van der Waals surface area contributed by atoms with Gasteiger partial charge in [-0.25, -0.2) is 0 Å². The van der Waals surface area contributed by atoms with E-state index in [0.717, 1.165) is 17.9 Å². The molecule has 1 heterocycles. The number of rotatable bonds is 6. The van der Waals surface area contributed by atoms with Crippen LogP contribution < -0.4 is 15.4 Å². The maximum Gasteiger partial charge on any atom is 0.239 e. The molecule has 1 fully saturated rings. The Balaban J connectivity index is 1.82. The van der Waals surface area contributed by atoms with Crippen LogP contribution >= 0.6 is 0 Å². The van der Waals surface area contributed by atoms with Crippen LogP contribution in [0.3, 0.4) is 0 Å². The number of hydrogen-bond acceptors (Lipinski definition) is 4. The van der Waals surface area contributed by atoms with E-state index in [0.29, 0.717) is 32.3 Å². The Morgan fingerprint density at radius 2 is 2.38 bits per heavy atom. The number of benzene rings is 1. The van der Waals surface area contributed by atoms with Gasteiger partial charge in [0.2, 0.25) is 5.91 Å². The molecule has 1 atom stereocenters. The Morgan fingerprint density at radius 1 is 1.52 bits per heavy atom. The maximum absolute atomic E-state index is 12.0. The zero-order chi connectivity index (χ0) is 15.1. The van der Waals surface area contributed by atoms with Crippen LogP contribution in [0.5, 0.6) is 5.75 Å². The number of carbonyl (C=O) groups excluding carboxylic acids is 1. The lowest BCUT2D eigenvalue weighted by molar-refractivity contribution is -0.126. The smallest absolute Gasteiger partial charge is 0.239 e. The first kappa shape index (κ1) is 15.8. The van der Waals surface area contributed by atoms with Gasteiger partial charge in [0, 0.05) is 13.1 Å². The summed E-state index contributed by atoms with van der Waals surface area (Å²) in [6.07, 6.45) is 0.